The third kappa shape index (κ3) is 16.2. The molecule has 16 heavy (non-hydrogen) atoms. The largest absolute Gasteiger partial charge is 1.00 e. The van der Waals surface area contributed by atoms with E-state index in [-0.39, 0.29) is 12.4 Å². The number of halogens is 1. The highest BCUT2D eigenvalue weighted by Crippen LogP contribution is 2.10. The van der Waals surface area contributed by atoms with Gasteiger partial charge >= 0.3 is 0 Å². The Balaban J connectivity index is 0. The smallest absolute Gasteiger partial charge is 0.268 e. The summed E-state index contributed by atoms with van der Waals surface area (Å²) in [5, 5.41) is 0. The number of rotatable bonds is 11. The molecule has 0 rings (SSSR count). The van der Waals surface area contributed by atoms with Gasteiger partial charge in [0.15, 0.2) is 0 Å². The maximum Gasteiger partial charge on any atom is 0.268 e. The lowest BCUT2D eigenvalue weighted by atomic mass is 10.1. The van der Waals surface area contributed by atoms with Crippen molar-refractivity contribution in [3.63, 3.8) is 0 Å². The monoisotopic (exact) mass is 245 g/mol. The maximum atomic E-state index is 3.74. The van der Waals surface area contributed by atoms with Crippen molar-refractivity contribution in [2.45, 2.75) is 77.6 Å². The van der Waals surface area contributed by atoms with Crippen molar-refractivity contribution in [1.82, 2.24) is 4.67 Å². The molecule has 0 aliphatic rings. The van der Waals surface area contributed by atoms with Gasteiger partial charge in [0.05, 0.1) is 0 Å². The molecule has 0 aliphatic carbocycles. The Hall–Kier alpha value is -0.260. The Bertz CT molecular complexity index is 162. The summed E-state index contributed by atoms with van der Waals surface area (Å²) >= 11 is 0. The van der Waals surface area contributed by atoms with Crippen LogP contribution in [-0.4, -0.2) is 12.9 Å². The molecule has 0 saturated carbocycles. The zero-order valence-electron chi connectivity index (χ0n) is 10.9. The molecule has 0 aliphatic heterocycles. The average Bonchev–Trinajstić information content (AvgIpc) is 2.26. The standard InChI is InChI=1S/C14H28N.ClH/c1-3-4-5-6-7-8-9-10-11-12-13-14-15-2;/h14H,2-13H2,1H3;1H/q+1;/p-1. The van der Waals surface area contributed by atoms with Crippen molar-refractivity contribution < 1.29 is 12.4 Å². The lowest BCUT2D eigenvalue weighted by molar-refractivity contribution is -0.00000340. The van der Waals surface area contributed by atoms with Crippen LogP contribution >= 0.6 is 0 Å². The normalized spacial score (nSPS) is 9.31. The molecule has 0 fully saturated rings. The van der Waals surface area contributed by atoms with Gasteiger partial charge in [0, 0.05) is 6.42 Å². The summed E-state index contributed by atoms with van der Waals surface area (Å²) in [5.74, 6) is 0. The van der Waals surface area contributed by atoms with Gasteiger partial charge in [-0.05, 0) is 6.42 Å². The second kappa shape index (κ2) is 17.1. The Morgan fingerprint density at radius 1 is 0.812 bits per heavy atom. The van der Waals surface area contributed by atoms with Gasteiger partial charge in [0.25, 0.3) is 12.9 Å². The van der Waals surface area contributed by atoms with Crippen LogP contribution in [0.2, 0.25) is 0 Å². The molecule has 0 aromatic carbocycles. The second-order valence-electron chi connectivity index (χ2n) is 4.34. The Morgan fingerprint density at radius 3 is 1.69 bits per heavy atom. The van der Waals surface area contributed by atoms with Crippen molar-refractivity contribution in [2.24, 2.45) is 0 Å². The molecule has 0 radical (unpaired) electrons. The molecule has 0 unspecified atom stereocenters. The summed E-state index contributed by atoms with van der Waals surface area (Å²) in [6, 6.07) is 0. The van der Waals surface area contributed by atoms with Crippen LogP contribution in [0.25, 0.3) is 0 Å². The molecule has 1 nitrogen and oxygen atoms in total. The van der Waals surface area contributed by atoms with E-state index in [1.165, 1.54) is 64.2 Å². The quantitative estimate of drug-likeness (QED) is 0.295. The number of hydrogen-bond acceptors (Lipinski definition) is 0. The van der Waals surface area contributed by atoms with Crippen LogP contribution in [-0.2, 0) is 0 Å². The molecular weight excluding hydrogens is 218 g/mol. The molecular formula is C14H28ClN. The van der Waals surface area contributed by atoms with Crippen LogP contribution in [0, 0.1) is 0 Å². The summed E-state index contributed by atoms with van der Waals surface area (Å²) in [6.45, 7) is 5.71. The van der Waals surface area contributed by atoms with Gasteiger partial charge < -0.3 is 12.4 Å². The summed E-state index contributed by atoms with van der Waals surface area (Å²) in [4.78, 5) is 0. The molecule has 0 heterocycles. The van der Waals surface area contributed by atoms with Crippen molar-refractivity contribution in [2.75, 3.05) is 0 Å². The van der Waals surface area contributed by atoms with E-state index in [9.17, 15) is 0 Å². The van der Waals surface area contributed by atoms with E-state index >= 15 is 0 Å². The highest BCUT2D eigenvalue weighted by Gasteiger charge is 1.92. The van der Waals surface area contributed by atoms with E-state index < -0.39 is 0 Å². The first-order chi connectivity index (χ1) is 7.41. The van der Waals surface area contributed by atoms with Gasteiger partial charge in [-0.25, -0.2) is 0 Å². The van der Waals surface area contributed by atoms with E-state index in [0.717, 1.165) is 6.42 Å². The fourth-order valence-electron chi connectivity index (χ4n) is 1.81. The van der Waals surface area contributed by atoms with E-state index in [1.807, 2.05) is 6.21 Å². The van der Waals surface area contributed by atoms with Crippen molar-refractivity contribution in [3.8, 4) is 0 Å². The molecule has 0 aromatic rings. The third-order valence-corrected chi connectivity index (χ3v) is 2.82. The Morgan fingerprint density at radius 2 is 1.25 bits per heavy atom. The van der Waals surface area contributed by atoms with Crippen molar-refractivity contribution in [3.05, 3.63) is 0 Å². The van der Waals surface area contributed by atoms with Crippen molar-refractivity contribution >= 4 is 12.9 Å². The lowest BCUT2D eigenvalue weighted by Crippen LogP contribution is -3.00. The summed E-state index contributed by atoms with van der Waals surface area (Å²) < 4.78 is 3.74. The minimum absolute atomic E-state index is 0. The van der Waals surface area contributed by atoms with Gasteiger partial charge in [-0.3, -0.25) is 0 Å². The molecule has 2 heteroatoms. The molecule has 0 amide bonds. The zero-order valence-corrected chi connectivity index (χ0v) is 11.6. The van der Waals surface area contributed by atoms with Crippen LogP contribution in [0.5, 0.6) is 0 Å². The molecule has 0 aromatic heterocycles. The minimum atomic E-state index is 0. The fourth-order valence-corrected chi connectivity index (χ4v) is 1.81. The Kier molecular flexibility index (Phi) is 19.4. The van der Waals surface area contributed by atoms with Gasteiger partial charge in [-0.2, -0.15) is 0 Å². The zero-order chi connectivity index (χ0) is 11.2. The molecule has 0 saturated heterocycles. The highest BCUT2D eigenvalue weighted by molar-refractivity contribution is 5.57. The fraction of sp³-hybridized carbons (Fsp3) is 0.857. The molecule has 0 bridgehead atoms. The number of hydrogen-bond donors (Lipinski definition) is 0. The second-order valence-corrected chi connectivity index (χ2v) is 4.34. The highest BCUT2D eigenvalue weighted by atomic mass is 35.5. The van der Waals surface area contributed by atoms with Crippen LogP contribution in [0.4, 0.5) is 0 Å². The van der Waals surface area contributed by atoms with Gasteiger partial charge in [0.2, 0.25) is 0 Å². The van der Waals surface area contributed by atoms with Gasteiger partial charge in [-0.1, -0.05) is 64.7 Å². The molecule has 0 N–H and O–H groups in total. The SMILES string of the molecule is C=[N+]=CCCCCCCCCCCCC.[Cl-]. The maximum absolute atomic E-state index is 3.74. The van der Waals surface area contributed by atoms with E-state index in [2.05, 4.69) is 18.3 Å². The topological polar surface area (TPSA) is 14.1 Å². The number of nitrogens with zero attached hydrogens (tertiary/aromatic N) is 1. The van der Waals surface area contributed by atoms with E-state index in [1.54, 1.807) is 0 Å². The number of unbranched alkanes of at least 4 members (excludes halogenated alkanes) is 10. The lowest BCUT2D eigenvalue weighted by Gasteiger charge is -2.00. The first-order valence-electron chi connectivity index (χ1n) is 6.69. The predicted octanol–water partition coefficient (Wildman–Crippen LogP) is 1.14. The van der Waals surface area contributed by atoms with Crippen LogP contribution in [0.15, 0.2) is 0 Å². The van der Waals surface area contributed by atoms with Crippen LogP contribution in [0.1, 0.15) is 77.6 Å². The first-order valence-corrected chi connectivity index (χ1v) is 6.69. The molecule has 0 atom stereocenters. The third-order valence-electron chi connectivity index (χ3n) is 2.82. The van der Waals surface area contributed by atoms with Gasteiger partial charge in [-0.15, -0.1) is 4.67 Å². The summed E-state index contributed by atoms with van der Waals surface area (Å²) in [7, 11) is 0. The summed E-state index contributed by atoms with van der Waals surface area (Å²) in [5.41, 5.74) is 0. The first kappa shape index (κ1) is 18.1. The van der Waals surface area contributed by atoms with E-state index in [4.69, 9.17) is 0 Å². The predicted molar refractivity (Wildman–Crippen MR) is 71.8 cm³/mol. The minimum Gasteiger partial charge on any atom is -1.00 e. The molecule has 0 spiro atoms. The van der Waals surface area contributed by atoms with Crippen LogP contribution in [0.3, 0.4) is 0 Å². The Labute approximate surface area is 108 Å². The average molecular weight is 246 g/mol. The summed E-state index contributed by atoms with van der Waals surface area (Å²) in [6.07, 6.45) is 17.1. The van der Waals surface area contributed by atoms with Gasteiger partial charge in [0.1, 0.15) is 0 Å². The van der Waals surface area contributed by atoms with Crippen molar-refractivity contribution in [1.29, 1.82) is 0 Å². The van der Waals surface area contributed by atoms with E-state index in [0.29, 0.717) is 0 Å². The molecule has 96 valence electrons. The van der Waals surface area contributed by atoms with Crippen LogP contribution < -0.4 is 17.1 Å².